The molecule has 2 aromatic carbocycles. The van der Waals surface area contributed by atoms with Crippen molar-refractivity contribution in [3.05, 3.63) is 64.7 Å². The summed E-state index contributed by atoms with van der Waals surface area (Å²) in [5.74, 6) is -0.635. The highest BCUT2D eigenvalue weighted by Gasteiger charge is 2.07. The number of hydrogen-bond acceptors (Lipinski definition) is 2. The van der Waals surface area contributed by atoms with Crippen molar-refractivity contribution >= 4 is 0 Å². The lowest BCUT2D eigenvalue weighted by atomic mass is 10.1. The van der Waals surface area contributed by atoms with E-state index in [2.05, 4.69) is 0 Å². The van der Waals surface area contributed by atoms with Crippen LogP contribution in [0, 0.1) is 18.6 Å². The molecule has 0 fully saturated rings. The van der Waals surface area contributed by atoms with Gasteiger partial charge in [0.1, 0.15) is 12.4 Å². The first-order valence-electron chi connectivity index (χ1n) is 5.96. The van der Waals surface area contributed by atoms with Gasteiger partial charge in [-0.05, 0) is 47.9 Å². The number of hydrogen-bond donors (Lipinski definition) is 1. The van der Waals surface area contributed by atoms with Crippen LogP contribution in [0.5, 0.6) is 5.75 Å². The van der Waals surface area contributed by atoms with Crippen LogP contribution in [-0.4, -0.2) is 0 Å². The Kier molecular flexibility index (Phi) is 4.12. The predicted octanol–water partition coefficient (Wildman–Crippen LogP) is 3.31. The molecule has 0 unspecified atom stereocenters. The summed E-state index contributed by atoms with van der Waals surface area (Å²) in [7, 11) is 0. The third-order valence-corrected chi connectivity index (χ3v) is 2.86. The van der Waals surface area contributed by atoms with Crippen LogP contribution in [0.2, 0.25) is 0 Å². The first-order valence-corrected chi connectivity index (χ1v) is 5.96. The molecule has 2 N–H and O–H groups in total. The van der Waals surface area contributed by atoms with E-state index in [1.165, 1.54) is 18.2 Å². The molecule has 0 radical (unpaired) electrons. The Balaban J connectivity index is 2.18. The van der Waals surface area contributed by atoms with Gasteiger partial charge in [0.15, 0.2) is 11.6 Å². The fraction of sp³-hybridized carbons (Fsp3) is 0.200. The third kappa shape index (κ3) is 3.29. The van der Waals surface area contributed by atoms with Gasteiger partial charge in [-0.25, -0.2) is 8.78 Å². The molecule has 0 heterocycles. The van der Waals surface area contributed by atoms with E-state index in [-0.39, 0.29) is 24.7 Å². The zero-order chi connectivity index (χ0) is 13.8. The first-order chi connectivity index (χ1) is 9.10. The Labute approximate surface area is 110 Å². The lowest BCUT2D eigenvalue weighted by Gasteiger charge is -2.11. The minimum atomic E-state index is -0.434. The number of rotatable bonds is 4. The second kappa shape index (κ2) is 5.80. The minimum Gasteiger partial charge on any atom is -0.486 e. The van der Waals surface area contributed by atoms with Gasteiger partial charge in [0, 0.05) is 6.54 Å². The van der Waals surface area contributed by atoms with Gasteiger partial charge in [-0.15, -0.1) is 0 Å². The van der Waals surface area contributed by atoms with Gasteiger partial charge in [-0.1, -0.05) is 12.1 Å². The summed E-state index contributed by atoms with van der Waals surface area (Å²) in [4.78, 5) is 0. The van der Waals surface area contributed by atoms with E-state index in [0.29, 0.717) is 5.56 Å². The highest BCUT2D eigenvalue weighted by atomic mass is 19.1. The molecule has 0 saturated heterocycles. The van der Waals surface area contributed by atoms with E-state index in [0.717, 1.165) is 11.1 Å². The van der Waals surface area contributed by atoms with Crippen LogP contribution in [0.4, 0.5) is 8.78 Å². The Morgan fingerprint density at radius 2 is 1.84 bits per heavy atom. The van der Waals surface area contributed by atoms with Crippen LogP contribution >= 0.6 is 0 Å². The average Bonchev–Trinajstić information content (AvgIpc) is 2.40. The Bertz CT molecular complexity index is 584. The summed E-state index contributed by atoms with van der Waals surface area (Å²) >= 11 is 0. The molecule has 4 heteroatoms. The average molecular weight is 263 g/mol. The first kappa shape index (κ1) is 13.5. The molecule has 0 atom stereocenters. The third-order valence-electron chi connectivity index (χ3n) is 2.86. The largest absolute Gasteiger partial charge is 0.486 e. The normalized spacial score (nSPS) is 10.5. The molecule has 0 bridgehead atoms. The summed E-state index contributed by atoms with van der Waals surface area (Å²) in [6, 6.07) is 8.93. The monoisotopic (exact) mass is 263 g/mol. The van der Waals surface area contributed by atoms with Gasteiger partial charge in [0.2, 0.25) is 0 Å². The lowest BCUT2D eigenvalue weighted by Crippen LogP contribution is -2.06. The molecule has 100 valence electrons. The van der Waals surface area contributed by atoms with E-state index in [4.69, 9.17) is 10.5 Å². The summed E-state index contributed by atoms with van der Waals surface area (Å²) in [6.45, 7) is 2.22. The summed E-state index contributed by atoms with van der Waals surface area (Å²) in [5, 5.41) is 0. The molecule has 0 saturated carbocycles. The van der Waals surface area contributed by atoms with E-state index >= 15 is 0 Å². The second-order valence-corrected chi connectivity index (χ2v) is 4.34. The number of ether oxygens (including phenoxy) is 1. The molecule has 2 rings (SSSR count). The van der Waals surface area contributed by atoms with Crippen LogP contribution in [-0.2, 0) is 13.2 Å². The van der Waals surface area contributed by atoms with Crippen molar-refractivity contribution in [2.45, 2.75) is 20.1 Å². The SMILES string of the molecule is Cc1ccc(F)c(OCc2cc(F)ccc2CN)c1. The number of halogens is 2. The van der Waals surface area contributed by atoms with Crippen molar-refractivity contribution < 1.29 is 13.5 Å². The Morgan fingerprint density at radius 1 is 1.05 bits per heavy atom. The van der Waals surface area contributed by atoms with Gasteiger partial charge in [-0.3, -0.25) is 0 Å². The zero-order valence-electron chi connectivity index (χ0n) is 10.6. The maximum absolute atomic E-state index is 13.5. The molecular weight excluding hydrogens is 248 g/mol. The van der Waals surface area contributed by atoms with Gasteiger partial charge < -0.3 is 10.5 Å². The maximum atomic E-state index is 13.5. The van der Waals surface area contributed by atoms with Crippen molar-refractivity contribution in [3.63, 3.8) is 0 Å². The number of aryl methyl sites for hydroxylation is 1. The second-order valence-electron chi connectivity index (χ2n) is 4.34. The Hall–Kier alpha value is -1.94. The molecule has 2 nitrogen and oxygen atoms in total. The highest BCUT2D eigenvalue weighted by molar-refractivity contribution is 5.31. The van der Waals surface area contributed by atoms with Gasteiger partial charge in [-0.2, -0.15) is 0 Å². The fourth-order valence-corrected chi connectivity index (χ4v) is 1.80. The van der Waals surface area contributed by atoms with Crippen molar-refractivity contribution in [2.75, 3.05) is 0 Å². The van der Waals surface area contributed by atoms with Crippen molar-refractivity contribution in [3.8, 4) is 5.75 Å². The van der Waals surface area contributed by atoms with Crippen LogP contribution < -0.4 is 10.5 Å². The highest BCUT2D eigenvalue weighted by Crippen LogP contribution is 2.21. The molecule has 0 aliphatic rings. The van der Waals surface area contributed by atoms with Gasteiger partial charge in [0.05, 0.1) is 0 Å². The predicted molar refractivity (Wildman–Crippen MR) is 69.8 cm³/mol. The molecule has 0 aliphatic carbocycles. The van der Waals surface area contributed by atoms with Gasteiger partial charge in [0.25, 0.3) is 0 Å². The molecule has 0 aromatic heterocycles. The molecular formula is C15H15F2NO. The maximum Gasteiger partial charge on any atom is 0.165 e. The van der Waals surface area contributed by atoms with Crippen LogP contribution in [0.1, 0.15) is 16.7 Å². The van der Waals surface area contributed by atoms with Crippen molar-refractivity contribution in [1.29, 1.82) is 0 Å². The van der Waals surface area contributed by atoms with E-state index in [9.17, 15) is 8.78 Å². The molecule has 0 spiro atoms. The molecule has 2 aromatic rings. The minimum absolute atomic E-state index is 0.0880. The van der Waals surface area contributed by atoms with E-state index in [1.54, 1.807) is 18.2 Å². The fourth-order valence-electron chi connectivity index (χ4n) is 1.80. The topological polar surface area (TPSA) is 35.2 Å². The molecule has 19 heavy (non-hydrogen) atoms. The van der Waals surface area contributed by atoms with Crippen molar-refractivity contribution in [1.82, 2.24) is 0 Å². The lowest BCUT2D eigenvalue weighted by molar-refractivity contribution is 0.288. The van der Waals surface area contributed by atoms with Crippen LogP contribution in [0.15, 0.2) is 36.4 Å². The number of benzene rings is 2. The smallest absolute Gasteiger partial charge is 0.165 e. The van der Waals surface area contributed by atoms with Crippen LogP contribution in [0.25, 0.3) is 0 Å². The van der Waals surface area contributed by atoms with Gasteiger partial charge >= 0.3 is 0 Å². The zero-order valence-corrected chi connectivity index (χ0v) is 10.6. The Morgan fingerprint density at radius 3 is 2.58 bits per heavy atom. The van der Waals surface area contributed by atoms with Crippen molar-refractivity contribution in [2.24, 2.45) is 5.73 Å². The summed E-state index contributed by atoms with van der Waals surface area (Å²) in [5.41, 5.74) is 7.88. The molecule has 0 aliphatic heterocycles. The summed E-state index contributed by atoms with van der Waals surface area (Å²) in [6.07, 6.45) is 0. The summed E-state index contributed by atoms with van der Waals surface area (Å²) < 4.78 is 32.1. The molecule has 0 amide bonds. The van der Waals surface area contributed by atoms with E-state index < -0.39 is 5.82 Å². The van der Waals surface area contributed by atoms with E-state index in [1.807, 2.05) is 6.92 Å². The van der Waals surface area contributed by atoms with Crippen LogP contribution in [0.3, 0.4) is 0 Å². The standard InChI is InChI=1S/C15H15F2NO/c1-10-2-5-14(17)15(6-10)19-9-12-7-13(16)4-3-11(12)8-18/h2-7H,8-9,18H2,1H3. The number of nitrogens with two attached hydrogens (primary N) is 1. The quantitative estimate of drug-likeness (QED) is 0.918.